The van der Waals surface area contributed by atoms with Crippen molar-refractivity contribution < 1.29 is 19.6 Å². The lowest BCUT2D eigenvalue weighted by Crippen LogP contribution is -2.47. The lowest BCUT2D eigenvalue weighted by atomic mass is 10.3. The molecule has 9 heteroatoms. The van der Waals surface area contributed by atoms with Crippen LogP contribution in [0.1, 0.15) is 0 Å². The van der Waals surface area contributed by atoms with Gasteiger partial charge in [0.25, 0.3) is 0 Å². The lowest BCUT2D eigenvalue weighted by Gasteiger charge is -2.31. The number of aliphatic hydroxyl groups excluding tert-OH is 1. The Kier molecular flexibility index (Phi) is 4.07. The quantitative estimate of drug-likeness (QED) is 0.555. The minimum absolute atomic E-state index is 0.0635. The first-order valence-corrected chi connectivity index (χ1v) is 5.78. The molecule has 1 amide bonds. The molecule has 104 valence electrons. The summed E-state index contributed by atoms with van der Waals surface area (Å²) < 4.78 is 6.46. The van der Waals surface area contributed by atoms with Gasteiger partial charge in [0.1, 0.15) is 6.54 Å². The average Bonchev–Trinajstić information content (AvgIpc) is 2.87. The largest absolute Gasteiger partial charge is 0.394 e. The van der Waals surface area contributed by atoms with Crippen LogP contribution in [0.2, 0.25) is 0 Å². The topological polar surface area (TPSA) is 111 Å². The van der Waals surface area contributed by atoms with Gasteiger partial charge in [-0.3, -0.25) is 4.79 Å². The number of aliphatic hydroxyl groups is 1. The van der Waals surface area contributed by atoms with E-state index in [9.17, 15) is 14.9 Å². The Morgan fingerprint density at radius 1 is 1.68 bits per heavy atom. The van der Waals surface area contributed by atoms with Crippen LogP contribution in [0.25, 0.3) is 0 Å². The van der Waals surface area contributed by atoms with E-state index in [2.05, 4.69) is 5.10 Å². The standard InChI is InChI=1S/C10H14N4O5/c15-7-8-5-12(3-4-19-8)10(16)6-13-2-1-9(11-13)14(17)18/h1-2,8,15H,3-7H2. The number of rotatable bonds is 4. The molecular formula is C10H14N4O5. The average molecular weight is 270 g/mol. The highest BCUT2D eigenvalue weighted by Crippen LogP contribution is 2.08. The molecule has 9 nitrogen and oxygen atoms in total. The van der Waals surface area contributed by atoms with Crippen molar-refractivity contribution in [3.8, 4) is 0 Å². The number of carbonyl (C=O) groups is 1. The minimum atomic E-state index is -0.614. The lowest BCUT2D eigenvalue weighted by molar-refractivity contribution is -0.389. The smallest absolute Gasteiger partial charge is 0.389 e. The number of hydrogen-bond donors (Lipinski definition) is 1. The van der Waals surface area contributed by atoms with Crippen molar-refractivity contribution in [3.05, 3.63) is 22.4 Å². The van der Waals surface area contributed by atoms with E-state index in [0.29, 0.717) is 19.7 Å². The van der Waals surface area contributed by atoms with Crippen LogP contribution in [0.15, 0.2) is 12.3 Å². The van der Waals surface area contributed by atoms with E-state index in [1.54, 1.807) is 4.90 Å². The second-order valence-electron chi connectivity index (χ2n) is 4.14. The van der Waals surface area contributed by atoms with Crippen LogP contribution < -0.4 is 0 Å². The molecule has 0 bridgehead atoms. The highest BCUT2D eigenvalue weighted by atomic mass is 16.6. The molecule has 0 radical (unpaired) electrons. The molecule has 2 heterocycles. The summed E-state index contributed by atoms with van der Waals surface area (Å²) in [7, 11) is 0. The number of carbonyl (C=O) groups excluding carboxylic acids is 1. The first kappa shape index (κ1) is 13.4. The van der Waals surface area contributed by atoms with Crippen LogP contribution in [0.5, 0.6) is 0 Å². The Hall–Kier alpha value is -2.00. The highest BCUT2D eigenvalue weighted by molar-refractivity contribution is 5.76. The van der Waals surface area contributed by atoms with Crippen molar-refractivity contribution in [2.75, 3.05) is 26.3 Å². The van der Waals surface area contributed by atoms with E-state index >= 15 is 0 Å². The van der Waals surface area contributed by atoms with E-state index in [1.165, 1.54) is 16.9 Å². The molecular weight excluding hydrogens is 256 g/mol. The number of ether oxygens (including phenoxy) is 1. The van der Waals surface area contributed by atoms with Crippen LogP contribution >= 0.6 is 0 Å². The van der Waals surface area contributed by atoms with Gasteiger partial charge in [-0.2, -0.15) is 4.68 Å². The summed E-state index contributed by atoms with van der Waals surface area (Å²) >= 11 is 0. The molecule has 2 rings (SSSR count). The van der Waals surface area contributed by atoms with Gasteiger partial charge in [0.15, 0.2) is 0 Å². The maximum atomic E-state index is 12.0. The first-order valence-electron chi connectivity index (χ1n) is 5.78. The normalized spacial score (nSPS) is 19.4. The van der Waals surface area contributed by atoms with Gasteiger partial charge >= 0.3 is 5.82 Å². The molecule has 1 aromatic rings. The molecule has 1 aliphatic heterocycles. The molecule has 1 atom stereocenters. The van der Waals surface area contributed by atoms with Crippen LogP contribution in [-0.4, -0.2) is 63.0 Å². The summed E-state index contributed by atoms with van der Waals surface area (Å²) in [5, 5.41) is 23.1. The fourth-order valence-corrected chi connectivity index (χ4v) is 1.83. The third-order valence-electron chi connectivity index (χ3n) is 2.81. The Morgan fingerprint density at radius 3 is 3.11 bits per heavy atom. The molecule has 0 aliphatic carbocycles. The van der Waals surface area contributed by atoms with Crippen molar-refractivity contribution in [2.45, 2.75) is 12.6 Å². The number of nitro groups is 1. The van der Waals surface area contributed by atoms with Gasteiger partial charge in [0.2, 0.25) is 5.91 Å². The number of morpholine rings is 1. The summed E-state index contributed by atoms with van der Waals surface area (Å²) in [5.74, 6) is -0.497. The van der Waals surface area contributed by atoms with E-state index in [1.807, 2.05) is 0 Å². The van der Waals surface area contributed by atoms with Crippen molar-refractivity contribution in [3.63, 3.8) is 0 Å². The molecule has 1 saturated heterocycles. The SMILES string of the molecule is O=C(Cn1ccc([N+](=O)[O-])n1)N1CCOC(CO)C1. The third kappa shape index (κ3) is 3.26. The number of amides is 1. The summed E-state index contributed by atoms with van der Waals surface area (Å²) in [6.07, 6.45) is 1.02. The molecule has 1 fully saturated rings. The number of hydrogen-bond acceptors (Lipinski definition) is 6. The third-order valence-corrected chi connectivity index (χ3v) is 2.81. The molecule has 0 aromatic carbocycles. The Morgan fingerprint density at radius 2 is 2.47 bits per heavy atom. The van der Waals surface area contributed by atoms with Crippen LogP contribution in [0, 0.1) is 10.1 Å². The van der Waals surface area contributed by atoms with Crippen LogP contribution in [-0.2, 0) is 16.1 Å². The highest BCUT2D eigenvalue weighted by Gasteiger charge is 2.24. The Bertz CT molecular complexity index is 474. The van der Waals surface area contributed by atoms with Gasteiger partial charge in [0.05, 0.1) is 36.7 Å². The molecule has 1 N–H and O–H groups in total. The van der Waals surface area contributed by atoms with E-state index in [-0.39, 0.29) is 31.0 Å². The van der Waals surface area contributed by atoms with Crippen molar-refractivity contribution in [1.29, 1.82) is 0 Å². The fraction of sp³-hybridized carbons (Fsp3) is 0.600. The molecule has 0 saturated carbocycles. The maximum Gasteiger partial charge on any atom is 0.389 e. The zero-order chi connectivity index (χ0) is 13.8. The fourth-order valence-electron chi connectivity index (χ4n) is 1.83. The van der Waals surface area contributed by atoms with E-state index in [4.69, 9.17) is 9.84 Å². The van der Waals surface area contributed by atoms with Crippen molar-refractivity contribution in [2.24, 2.45) is 0 Å². The zero-order valence-electron chi connectivity index (χ0n) is 10.1. The van der Waals surface area contributed by atoms with Crippen LogP contribution in [0.4, 0.5) is 5.82 Å². The number of nitrogens with zero attached hydrogens (tertiary/aromatic N) is 4. The van der Waals surface area contributed by atoms with Crippen LogP contribution in [0.3, 0.4) is 0 Å². The zero-order valence-corrected chi connectivity index (χ0v) is 10.1. The predicted molar refractivity (Wildman–Crippen MR) is 62.3 cm³/mol. The second kappa shape index (κ2) is 5.76. The monoisotopic (exact) mass is 270 g/mol. The van der Waals surface area contributed by atoms with Crippen molar-refractivity contribution in [1.82, 2.24) is 14.7 Å². The molecule has 19 heavy (non-hydrogen) atoms. The summed E-state index contributed by atoms with van der Waals surface area (Å²) in [4.78, 5) is 23.4. The van der Waals surface area contributed by atoms with Gasteiger partial charge in [0, 0.05) is 13.1 Å². The molecule has 1 aliphatic rings. The molecule has 1 aromatic heterocycles. The first-order chi connectivity index (χ1) is 9.10. The minimum Gasteiger partial charge on any atom is -0.394 e. The van der Waals surface area contributed by atoms with Crippen molar-refractivity contribution >= 4 is 11.7 Å². The van der Waals surface area contributed by atoms with Gasteiger partial charge in [-0.15, -0.1) is 0 Å². The maximum absolute atomic E-state index is 12.0. The number of aromatic nitrogens is 2. The summed E-state index contributed by atoms with van der Waals surface area (Å²) in [5.41, 5.74) is 0. The Balaban J connectivity index is 1.94. The van der Waals surface area contributed by atoms with Gasteiger partial charge in [-0.1, -0.05) is 0 Å². The van der Waals surface area contributed by atoms with Gasteiger partial charge in [-0.25, -0.2) is 0 Å². The Labute approximate surface area is 108 Å². The molecule has 1 unspecified atom stereocenters. The predicted octanol–water partition coefficient (Wildman–Crippen LogP) is -0.989. The summed E-state index contributed by atoms with van der Waals surface area (Å²) in [6.45, 7) is 0.927. The summed E-state index contributed by atoms with van der Waals surface area (Å²) in [6, 6.07) is 1.24. The van der Waals surface area contributed by atoms with Gasteiger partial charge < -0.3 is 24.9 Å². The molecule has 0 spiro atoms. The van der Waals surface area contributed by atoms with E-state index < -0.39 is 4.92 Å². The van der Waals surface area contributed by atoms with E-state index in [0.717, 1.165) is 0 Å². The van der Waals surface area contributed by atoms with Gasteiger partial charge in [-0.05, 0) is 4.92 Å². The second-order valence-corrected chi connectivity index (χ2v) is 4.14.